The molecule has 0 saturated heterocycles. The van der Waals surface area contributed by atoms with Crippen LogP contribution >= 0.6 is 27.5 Å². The number of rotatable bonds is 7. The summed E-state index contributed by atoms with van der Waals surface area (Å²) in [4.78, 5) is 29.3. The predicted molar refractivity (Wildman–Crippen MR) is 126 cm³/mol. The number of hydrogen-bond acceptors (Lipinski definition) is 7. The maximum absolute atomic E-state index is 13.0. The minimum atomic E-state index is -0.531. The highest BCUT2D eigenvalue weighted by Gasteiger charge is 2.16. The van der Waals surface area contributed by atoms with Gasteiger partial charge in [-0.25, -0.2) is 9.78 Å². The second-order valence-corrected chi connectivity index (χ2v) is 8.39. The number of aryl methyl sites for hydroxylation is 1. The highest BCUT2D eigenvalue weighted by molar-refractivity contribution is 9.10. The summed E-state index contributed by atoms with van der Waals surface area (Å²) < 4.78 is 18.0. The average molecular weight is 523 g/mol. The topological polar surface area (TPSA) is 92.0 Å². The summed E-state index contributed by atoms with van der Waals surface area (Å²) in [6, 6.07) is 8.39. The van der Waals surface area contributed by atoms with Crippen LogP contribution < -0.4 is 15.0 Å². The normalized spacial score (nSPS) is 11.3. The third-order valence-corrected chi connectivity index (χ3v) is 4.96. The Bertz CT molecular complexity index is 1260. The van der Waals surface area contributed by atoms with E-state index < -0.39 is 5.97 Å². The van der Waals surface area contributed by atoms with Crippen LogP contribution in [0.4, 0.5) is 0 Å². The van der Waals surface area contributed by atoms with Gasteiger partial charge in [0.05, 0.1) is 30.3 Å². The van der Waals surface area contributed by atoms with Crippen LogP contribution in [0.1, 0.15) is 25.2 Å². The van der Waals surface area contributed by atoms with Gasteiger partial charge >= 0.3 is 5.97 Å². The maximum Gasteiger partial charge on any atom is 0.344 e. The number of aromatic nitrogens is 2. The molecule has 0 amide bonds. The lowest BCUT2D eigenvalue weighted by Crippen LogP contribution is -2.21. The smallest absolute Gasteiger partial charge is 0.344 e. The molecule has 0 aliphatic rings. The van der Waals surface area contributed by atoms with Gasteiger partial charge in [0, 0.05) is 21.1 Å². The number of methoxy groups -OCH3 is 1. The number of nitrogens with zero attached hydrogens (tertiary/aromatic N) is 3. The fourth-order valence-corrected chi connectivity index (χ4v) is 3.51. The molecule has 168 valence electrons. The van der Waals surface area contributed by atoms with Crippen LogP contribution in [0.15, 0.2) is 44.7 Å². The molecule has 0 unspecified atom stereocenters. The van der Waals surface area contributed by atoms with Crippen LogP contribution in [0.25, 0.3) is 10.9 Å². The van der Waals surface area contributed by atoms with Crippen LogP contribution in [-0.4, -0.2) is 41.7 Å². The van der Waals surface area contributed by atoms with Crippen molar-refractivity contribution in [2.24, 2.45) is 5.10 Å². The summed E-state index contributed by atoms with van der Waals surface area (Å²) >= 11 is 9.56. The SMILES string of the molecule is COc1cc(Cl)cc(C=Nn2c(C)nc3ccc(Br)cc3c2=O)c1OCC(=O)OC(C)C. The minimum absolute atomic E-state index is 0.239. The summed E-state index contributed by atoms with van der Waals surface area (Å²) in [6.45, 7) is 4.84. The van der Waals surface area contributed by atoms with Crippen LogP contribution in [0, 0.1) is 6.92 Å². The summed E-state index contributed by atoms with van der Waals surface area (Å²) in [5, 5.41) is 5.08. The molecule has 3 aromatic rings. The van der Waals surface area contributed by atoms with Crippen molar-refractivity contribution >= 4 is 50.6 Å². The molecule has 0 saturated carbocycles. The van der Waals surface area contributed by atoms with Crippen molar-refractivity contribution in [3.8, 4) is 11.5 Å². The molecule has 0 N–H and O–H groups in total. The molecule has 1 heterocycles. The average Bonchev–Trinajstić information content (AvgIpc) is 2.72. The van der Waals surface area contributed by atoms with E-state index in [1.54, 1.807) is 45.0 Å². The molecule has 0 bridgehead atoms. The van der Waals surface area contributed by atoms with Gasteiger partial charge < -0.3 is 14.2 Å². The molecule has 10 heteroatoms. The monoisotopic (exact) mass is 521 g/mol. The van der Waals surface area contributed by atoms with Gasteiger partial charge in [-0.1, -0.05) is 27.5 Å². The van der Waals surface area contributed by atoms with E-state index in [9.17, 15) is 9.59 Å². The van der Waals surface area contributed by atoms with Gasteiger partial charge in [-0.2, -0.15) is 9.78 Å². The molecule has 0 aliphatic heterocycles. The number of esters is 1. The van der Waals surface area contributed by atoms with Gasteiger partial charge in [0.1, 0.15) is 5.82 Å². The van der Waals surface area contributed by atoms with Crippen molar-refractivity contribution in [2.75, 3.05) is 13.7 Å². The first-order valence-corrected chi connectivity index (χ1v) is 10.8. The Morgan fingerprint density at radius 2 is 2.06 bits per heavy atom. The Balaban J connectivity index is 2.02. The van der Waals surface area contributed by atoms with Gasteiger partial charge in [-0.3, -0.25) is 4.79 Å². The second-order valence-electron chi connectivity index (χ2n) is 7.04. The molecule has 1 aromatic heterocycles. The zero-order valence-corrected chi connectivity index (χ0v) is 20.2. The Kier molecular flexibility index (Phi) is 7.52. The molecule has 0 radical (unpaired) electrons. The summed E-state index contributed by atoms with van der Waals surface area (Å²) in [6.07, 6.45) is 1.13. The lowest BCUT2D eigenvalue weighted by Gasteiger charge is -2.14. The van der Waals surface area contributed by atoms with Crippen molar-refractivity contribution in [2.45, 2.75) is 26.9 Å². The quantitative estimate of drug-likeness (QED) is 0.339. The minimum Gasteiger partial charge on any atom is -0.493 e. The molecule has 3 rings (SSSR count). The van der Waals surface area contributed by atoms with Gasteiger partial charge in [0.25, 0.3) is 5.56 Å². The number of halogens is 2. The number of ether oxygens (including phenoxy) is 3. The van der Waals surface area contributed by atoms with Crippen molar-refractivity contribution < 1.29 is 19.0 Å². The van der Waals surface area contributed by atoms with Crippen molar-refractivity contribution in [1.82, 2.24) is 9.66 Å². The summed E-state index contributed by atoms with van der Waals surface area (Å²) in [5.41, 5.74) is 0.647. The molecule has 8 nitrogen and oxygen atoms in total. The van der Waals surface area contributed by atoms with Crippen LogP contribution in [-0.2, 0) is 9.53 Å². The van der Waals surface area contributed by atoms with E-state index in [0.717, 1.165) is 4.47 Å². The molecule has 0 aliphatic carbocycles. The first kappa shape index (κ1) is 23.7. The van der Waals surface area contributed by atoms with E-state index in [0.29, 0.717) is 33.1 Å². The molecule has 0 fully saturated rings. The van der Waals surface area contributed by atoms with E-state index in [1.807, 2.05) is 6.07 Å². The van der Waals surface area contributed by atoms with Gasteiger partial charge in [0.2, 0.25) is 0 Å². The van der Waals surface area contributed by atoms with Crippen molar-refractivity contribution in [1.29, 1.82) is 0 Å². The van der Waals surface area contributed by atoms with E-state index in [1.165, 1.54) is 18.0 Å². The Labute approximate surface area is 197 Å². The lowest BCUT2D eigenvalue weighted by molar-refractivity contribution is -0.149. The second kappa shape index (κ2) is 10.1. The Hall–Kier alpha value is -2.91. The van der Waals surface area contributed by atoms with Gasteiger partial charge in [-0.05, 0) is 45.0 Å². The standard InChI is InChI=1S/C22H21BrClN3O5/c1-12(2)32-20(28)11-31-21-14(7-16(24)9-19(21)30-4)10-25-27-13(3)26-18-6-5-15(23)8-17(18)22(27)29/h5-10,12H,11H2,1-4H3. The first-order valence-electron chi connectivity index (χ1n) is 9.62. The van der Waals surface area contributed by atoms with E-state index in [-0.39, 0.29) is 24.0 Å². The van der Waals surface area contributed by atoms with E-state index >= 15 is 0 Å². The number of benzene rings is 2. The molecule has 0 spiro atoms. The van der Waals surface area contributed by atoms with Crippen molar-refractivity contribution in [3.05, 3.63) is 61.6 Å². The molecule has 2 aromatic carbocycles. The summed E-state index contributed by atoms with van der Waals surface area (Å²) in [7, 11) is 1.45. The molecular weight excluding hydrogens is 502 g/mol. The van der Waals surface area contributed by atoms with Crippen LogP contribution in [0.2, 0.25) is 5.02 Å². The number of carbonyl (C=O) groups excluding carboxylic acids is 1. The zero-order valence-electron chi connectivity index (χ0n) is 17.9. The Morgan fingerprint density at radius 1 is 1.31 bits per heavy atom. The highest BCUT2D eigenvalue weighted by atomic mass is 79.9. The fourth-order valence-electron chi connectivity index (χ4n) is 2.93. The lowest BCUT2D eigenvalue weighted by atomic mass is 10.2. The summed E-state index contributed by atoms with van der Waals surface area (Å²) in [5.74, 6) is 0.416. The number of hydrogen-bond donors (Lipinski definition) is 0. The largest absolute Gasteiger partial charge is 0.493 e. The number of fused-ring (bicyclic) bond motifs is 1. The molecule has 32 heavy (non-hydrogen) atoms. The van der Waals surface area contributed by atoms with Crippen molar-refractivity contribution in [3.63, 3.8) is 0 Å². The first-order chi connectivity index (χ1) is 15.2. The van der Waals surface area contributed by atoms with Gasteiger partial charge in [-0.15, -0.1) is 0 Å². The molecule has 0 atom stereocenters. The van der Waals surface area contributed by atoms with Gasteiger partial charge in [0.15, 0.2) is 18.1 Å². The Morgan fingerprint density at radius 3 is 2.75 bits per heavy atom. The third-order valence-electron chi connectivity index (χ3n) is 4.25. The third kappa shape index (κ3) is 5.46. The zero-order chi connectivity index (χ0) is 23.4. The maximum atomic E-state index is 13.0. The van der Waals surface area contributed by atoms with E-state index in [4.69, 9.17) is 25.8 Å². The highest BCUT2D eigenvalue weighted by Crippen LogP contribution is 2.34. The van der Waals surface area contributed by atoms with Crippen LogP contribution in [0.3, 0.4) is 0 Å². The molecular formula is C22H21BrClN3O5. The predicted octanol–water partition coefficient (Wildman–Crippen LogP) is 4.34. The van der Waals surface area contributed by atoms with E-state index in [2.05, 4.69) is 26.0 Å². The fraction of sp³-hybridized carbons (Fsp3) is 0.273. The van der Waals surface area contributed by atoms with Crippen LogP contribution in [0.5, 0.6) is 11.5 Å². The number of carbonyl (C=O) groups is 1.